The molecule has 0 amide bonds. The Kier molecular flexibility index (Phi) is 6.27. The van der Waals surface area contributed by atoms with Crippen LogP contribution in [0.2, 0.25) is 0 Å². The van der Waals surface area contributed by atoms with E-state index < -0.39 is 0 Å². The van der Waals surface area contributed by atoms with Gasteiger partial charge < -0.3 is 10.6 Å². The van der Waals surface area contributed by atoms with E-state index in [4.69, 9.17) is 5.10 Å². The van der Waals surface area contributed by atoms with Gasteiger partial charge in [-0.05, 0) is 62.4 Å². The fraction of sp³-hybridized carbons (Fsp3) is 0.217. The summed E-state index contributed by atoms with van der Waals surface area (Å²) < 4.78 is 2.01. The molecule has 3 aromatic rings. The maximum absolute atomic E-state index is 4.70. The molecule has 2 N–H and O–H groups in total. The molecule has 0 aliphatic rings. The summed E-state index contributed by atoms with van der Waals surface area (Å²) in [5, 5.41) is 13.3. The van der Waals surface area contributed by atoms with Crippen molar-refractivity contribution in [1.29, 1.82) is 0 Å². The number of hydrogen-bond donors (Lipinski definition) is 2. The molecular weight excluding hydrogens is 346 g/mol. The van der Waals surface area contributed by atoms with Gasteiger partial charge in [0, 0.05) is 48.4 Å². The van der Waals surface area contributed by atoms with Gasteiger partial charge in [-0.2, -0.15) is 5.10 Å². The molecule has 144 valence electrons. The predicted molar refractivity (Wildman–Crippen MR) is 119 cm³/mol. The van der Waals surface area contributed by atoms with E-state index >= 15 is 0 Å². The van der Waals surface area contributed by atoms with E-state index in [-0.39, 0.29) is 0 Å². The van der Waals surface area contributed by atoms with Gasteiger partial charge in [0.05, 0.1) is 11.4 Å². The summed E-state index contributed by atoms with van der Waals surface area (Å²) in [7, 11) is 3.97. The molecule has 28 heavy (non-hydrogen) atoms. The van der Waals surface area contributed by atoms with Crippen LogP contribution in [-0.2, 0) is 7.05 Å². The number of hydrogen-bond acceptors (Lipinski definition) is 4. The first-order chi connectivity index (χ1) is 13.5. The van der Waals surface area contributed by atoms with Gasteiger partial charge >= 0.3 is 0 Å². The number of nitrogens with zero attached hydrogens (tertiary/aromatic N) is 3. The quantitative estimate of drug-likeness (QED) is 0.362. The SMILES string of the molecule is CCNc1ccc(Nc2ccc(N(C)/N=C(\C)c3cc[n+](C)cc3)cc2)cc1. The summed E-state index contributed by atoms with van der Waals surface area (Å²) in [6.45, 7) is 5.04. The Morgan fingerprint density at radius 1 is 0.893 bits per heavy atom. The number of pyridine rings is 1. The number of rotatable bonds is 7. The highest BCUT2D eigenvalue weighted by Crippen LogP contribution is 2.22. The van der Waals surface area contributed by atoms with Crippen LogP contribution in [0.5, 0.6) is 0 Å². The fourth-order valence-corrected chi connectivity index (χ4v) is 2.89. The Hall–Kier alpha value is -3.34. The summed E-state index contributed by atoms with van der Waals surface area (Å²) in [5.41, 5.74) is 6.37. The second kappa shape index (κ2) is 9.04. The lowest BCUT2D eigenvalue weighted by atomic mass is 10.2. The zero-order chi connectivity index (χ0) is 19.9. The van der Waals surface area contributed by atoms with Gasteiger partial charge in [-0.25, -0.2) is 4.57 Å². The van der Waals surface area contributed by atoms with Gasteiger partial charge in [0.15, 0.2) is 12.4 Å². The van der Waals surface area contributed by atoms with Gasteiger partial charge in [-0.15, -0.1) is 0 Å². The Morgan fingerprint density at radius 2 is 1.43 bits per heavy atom. The van der Waals surface area contributed by atoms with E-state index in [1.165, 1.54) is 0 Å². The van der Waals surface area contributed by atoms with E-state index in [9.17, 15) is 0 Å². The molecule has 0 fully saturated rings. The molecule has 0 radical (unpaired) electrons. The lowest BCUT2D eigenvalue weighted by molar-refractivity contribution is -0.671. The van der Waals surface area contributed by atoms with Crippen molar-refractivity contribution in [2.75, 3.05) is 29.2 Å². The average Bonchev–Trinajstić information content (AvgIpc) is 2.70. The van der Waals surface area contributed by atoms with Crippen molar-refractivity contribution in [1.82, 2.24) is 0 Å². The Morgan fingerprint density at radius 3 is 2.00 bits per heavy atom. The number of nitrogens with one attached hydrogen (secondary N) is 2. The van der Waals surface area contributed by atoms with E-state index in [2.05, 4.69) is 78.2 Å². The Balaban J connectivity index is 1.66. The lowest BCUT2D eigenvalue weighted by Crippen LogP contribution is -2.26. The molecule has 2 aromatic carbocycles. The van der Waals surface area contributed by atoms with Crippen LogP contribution in [0.1, 0.15) is 19.4 Å². The van der Waals surface area contributed by atoms with Gasteiger partial charge in [0.1, 0.15) is 7.05 Å². The molecule has 0 aliphatic heterocycles. The normalized spacial score (nSPS) is 11.2. The molecule has 0 saturated carbocycles. The third-order valence-electron chi connectivity index (χ3n) is 4.49. The van der Waals surface area contributed by atoms with Gasteiger partial charge in [0.2, 0.25) is 0 Å². The fourth-order valence-electron chi connectivity index (χ4n) is 2.89. The Labute approximate surface area is 167 Å². The maximum atomic E-state index is 4.70. The van der Waals surface area contributed by atoms with Crippen molar-refractivity contribution in [2.24, 2.45) is 12.1 Å². The smallest absolute Gasteiger partial charge is 0.169 e. The first-order valence-corrected chi connectivity index (χ1v) is 9.51. The van der Waals surface area contributed by atoms with Crippen LogP contribution in [-0.4, -0.2) is 19.3 Å². The van der Waals surface area contributed by atoms with Gasteiger partial charge in [-0.1, -0.05) is 0 Å². The van der Waals surface area contributed by atoms with Crippen LogP contribution in [0.15, 0.2) is 78.2 Å². The Bertz CT molecular complexity index is 913. The second-order valence-electron chi connectivity index (χ2n) is 6.74. The van der Waals surface area contributed by atoms with Gasteiger partial charge in [0.25, 0.3) is 0 Å². The van der Waals surface area contributed by atoms with E-state index in [1.807, 2.05) is 43.0 Å². The summed E-state index contributed by atoms with van der Waals surface area (Å²) in [4.78, 5) is 0. The van der Waals surface area contributed by atoms with Crippen LogP contribution < -0.4 is 20.2 Å². The number of hydrazone groups is 1. The molecule has 1 aromatic heterocycles. The lowest BCUT2D eigenvalue weighted by Gasteiger charge is -2.15. The first-order valence-electron chi connectivity index (χ1n) is 9.51. The number of benzene rings is 2. The zero-order valence-electron chi connectivity index (χ0n) is 17.0. The van der Waals surface area contributed by atoms with Crippen LogP contribution in [0, 0.1) is 0 Å². The topological polar surface area (TPSA) is 43.5 Å². The molecule has 0 bridgehead atoms. The summed E-state index contributed by atoms with van der Waals surface area (Å²) in [6, 6.07) is 20.7. The molecule has 1 heterocycles. The third-order valence-corrected chi connectivity index (χ3v) is 4.49. The number of aryl methyl sites for hydroxylation is 1. The van der Waals surface area contributed by atoms with E-state index in [0.29, 0.717) is 0 Å². The molecule has 5 heteroatoms. The van der Waals surface area contributed by atoms with Crippen molar-refractivity contribution in [2.45, 2.75) is 13.8 Å². The van der Waals surface area contributed by atoms with Crippen molar-refractivity contribution in [3.63, 3.8) is 0 Å². The highest BCUT2D eigenvalue weighted by Gasteiger charge is 2.04. The minimum absolute atomic E-state index is 0.923. The average molecular weight is 375 g/mol. The standard InChI is InChI=1S/C23H27N5/c1-5-24-20-6-8-21(9-7-20)25-22-10-12-23(13-11-22)28(4)26-18(2)19-14-16-27(3)17-15-19/h6-17,26H,5H2,1-4H3/p+1. The molecule has 0 saturated heterocycles. The monoisotopic (exact) mass is 374 g/mol. The molecule has 0 unspecified atom stereocenters. The van der Waals surface area contributed by atoms with Gasteiger partial charge in [-0.3, -0.25) is 5.01 Å². The molecule has 0 aliphatic carbocycles. The van der Waals surface area contributed by atoms with Crippen molar-refractivity contribution in [3.05, 3.63) is 78.6 Å². The minimum Gasteiger partial charge on any atom is -0.385 e. The first kappa shape index (κ1) is 19.4. The van der Waals surface area contributed by atoms with Crippen LogP contribution >= 0.6 is 0 Å². The molecule has 5 nitrogen and oxygen atoms in total. The maximum Gasteiger partial charge on any atom is 0.169 e. The minimum atomic E-state index is 0.923. The summed E-state index contributed by atoms with van der Waals surface area (Å²) >= 11 is 0. The van der Waals surface area contributed by atoms with Crippen LogP contribution in [0.4, 0.5) is 22.7 Å². The van der Waals surface area contributed by atoms with Crippen molar-refractivity contribution in [3.8, 4) is 0 Å². The summed E-state index contributed by atoms with van der Waals surface area (Å²) in [6.07, 6.45) is 4.05. The zero-order valence-corrected chi connectivity index (χ0v) is 17.0. The van der Waals surface area contributed by atoms with Crippen molar-refractivity contribution < 1.29 is 4.57 Å². The molecule has 3 rings (SSSR count). The van der Waals surface area contributed by atoms with Crippen LogP contribution in [0.3, 0.4) is 0 Å². The molecule has 0 spiro atoms. The number of aromatic nitrogens is 1. The highest BCUT2D eigenvalue weighted by atomic mass is 15.4. The van der Waals surface area contributed by atoms with Crippen molar-refractivity contribution >= 4 is 28.5 Å². The third kappa shape index (κ3) is 5.10. The summed E-state index contributed by atoms with van der Waals surface area (Å²) in [5.74, 6) is 0. The van der Waals surface area contributed by atoms with E-state index in [0.717, 1.165) is 40.6 Å². The molecule has 0 atom stereocenters. The molecular formula is C23H28N5+. The second-order valence-corrected chi connectivity index (χ2v) is 6.74. The number of anilines is 4. The largest absolute Gasteiger partial charge is 0.385 e. The van der Waals surface area contributed by atoms with Crippen LogP contribution in [0.25, 0.3) is 0 Å². The van der Waals surface area contributed by atoms with E-state index in [1.54, 1.807) is 0 Å². The predicted octanol–water partition coefficient (Wildman–Crippen LogP) is 4.55. The highest BCUT2D eigenvalue weighted by molar-refractivity contribution is 5.98.